The van der Waals surface area contributed by atoms with Gasteiger partial charge in [0.1, 0.15) is 0 Å². The number of carbonyl (C=O) groups is 2. The van der Waals surface area contributed by atoms with Gasteiger partial charge in [0.2, 0.25) is 5.91 Å². The third-order valence-electron chi connectivity index (χ3n) is 6.78. The van der Waals surface area contributed by atoms with Crippen molar-refractivity contribution in [2.24, 2.45) is 11.8 Å². The Bertz CT molecular complexity index is 798. The van der Waals surface area contributed by atoms with Gasteiger partial charge in [0.05, 0.1) is 0 Å². The van der Waals surface area contributed by atoms with Crippen molar-refractivity contribution in [3.05, 3.63) is 42.0 Å². The molecule has 1 aromatic rings. The number of hydrogen-bond acceptors (Lipinski definition) is 4. The molecule has 4 rings (SSSR count). The molecule has 1 unspecified atom stereocenters. The van der Waals surface area contributed by atoms with Gasteiger partial charge in [0.15, 0.2) is 4.87 Å². The van der Waals surface area contributed by atoms with E-state index in [2.05, 4.69) is 6.92 Å². The van der Waals surface area contributed by atoms with Gasteiger partial charge in [-0.2, -0.15) is 11.8 Å². The molecule has 4 nitrogen and oxygen atoms in total. The Labute approximate surface area is 187 Å². The van der Waals surface area contributed by atoms with E-state index in [1.54, 1.807) is 0 Å². The quantitative estimate of drug-likeness (QED) is 0.649. The van der Waals surface area contributed by atoms with Crippen molar-refractivity contribution in [2.75, 3.05) is 11.5 Å². The fourth-order valence-electron chi connectivity index (χ4n) is 4.96. The second-order valence-electron chi connectivity index (χ2n) is 8.84. The summed E-state index contributed by atoms with van der Waals surface area (Å²) >= 11 is 3.28. The SMILES string of the molecule is CC1CCC(C(=O)N(C2CCSCC2)C2(C(=O)O)CC=C(c3ccccc3)S2)CC1. The number of aliphatic carboxylic acids is 1. The number of thioether (sulfide) groups is 2. The van der Waals surface area contributed by atoms with Crippen molar-refractivity contribution >= 4 is 40.3 Å². The highest BCUT2D eigenvalue weighted by Gasteiger charge is 2.54. The summed E-state index contributed by atoms with van der Waals surface area (Å²) in [7, 11) is 0. The zero-order valence-corrected chi connectivity index (χ0v) is 19.2. The Hall–Kier alpha value is -1.40. The zero-order valence-electron chi connectivity index (χ0n) is 17.6. The third-order valence-corrected chi connectivity index (χ3v) is 9.33. The number of benzene rings is 1. The van der Waals surface area contributed by atoms with Crippen molar-refractivity contribution in [2.45, 2.75) is 62.8 Å². The largest absolute Gasteiger partial charge is 0.479 e. The minimum atomic E-state index is -1.22. The molecule has 0 aromatic heterocycles. The molecule has 1 saturated heterocycles. The first-order chi connectivity index (χ1) is 14.5. The van der Waals surface area contributed by atoms with Gasteiger partial charge >= 0.3 is 5.97 Å². The standard InChI is InChI=1S/C24H31NO3S2/c1-17-7-9-19(10-8-17)22(26)25(20-12-15-29-16-13-20)24(23(27)28)14-11-21(30-24)18-5-3-2-4-6-18/h2-6,11,17,19-20H,7-10,12-16H2,1H3,(H,27,28). The Balaban J connectivity index is 1.65. The van der Waals surface area contributed by atoms with Gasteiger partial charge in [0.25, 0.3) is 0 Å². The zero-order chi connectivity index (χ0) is 21.1. The van der Waals surface area contributed by atoms with Gasteiger partial charge in [-0.25, -0.2) is 4.79 Å². The van der Waals surface area contributed by atoms with Crippen LogP contribution in [0.15, 0.2) is 36.4 Å². The van der Waals surface area contributed by atoms with Crippen molar-refractivity contribution < 1.29 is 14.7 Å². The van der Waals surface area contributed by atoms with Gasteiger partial charge in [0, 0.05) is 23.3 Å². The van der Waals surface area contributed by atoms with Crippen molar-refractivity contribution in [1.82, 2.24) is 4.90 Å². The number of nitrogens with zero attached hydrogens (tertiary/aromatic N) is 1. The van der Waals surface area contributed by atoms with Crippen LogP contribution in [0.2, 0.25) is 0 Å². The van der Waals surface area contributed by atoms with E-state index in [1.165, 1.54) is 11.8 Å². The van der Waals surface area contributed by atoms with E-state index in [0.29, 0.717) is 12.3 Å². The molecule has 2 fully saturated rings. The van der Waals surface area contributed by atoms with Crippen LogP contribution in [0.1, 0.15) is 57.4 Å². The van der Waals surface area contributed by atoms with Crippen molar-refractivity contribution in [3.63, 3.8) is 0 Å². The maximum atomic E-state index is 13.9. The molecule has 0 spiro atoms. The molecule has 162 valence electrons. The van der Waals surface area contributed by atoms with Crippen LogP contribution in [0.5, 0.6) is 0 Å². The normalized spacial score (nSPS) is 30.0. The summed E-state index contributed by atoms with van der Waals surface area (Å²) in [5.41, 5.74) is 1.03. The van der Waals surface area contributed by atoms with Crippen LogP contribution in [0.25, 0.3) is 4.91 Å². The van der Waals surface area contributed by atoms with Crippen LogP contribution in [-0.2, 0) is 9.59 Å². The average molecular weight is 446 g/mol. The monoisotopic (exact) mass is 445 g/mol. The summed E-state index contributed by atoms with van der Waals surface area (Å²) < 4.78 is 0. The topological polar surface area (TPSA) is 57.6 Å². The molecule has 1 aromatic carbocycles. The minimum Gasteiger partial charge on any atom is -0.479 e. The lowest BCUT2D eigenvalue weighted by atomic mass is 9.81. The Morgan fingerprint density at radius 1 is 1.03 bits per heavy atom. The average Bonchev–Trinajstić information content (AvgIpc) is 3.22. The molecule has 1 saturated carbocycles. The first-order valence-electron chi connectivity index (χ1n) is 11.1. The number of rotatable bonds is 5. The Morgan fingerprint density at radius 2 is 1.70 bits per heavy atom. The van der Waals surface area contributed by atoms with E-state index in [0.717, 1.165) is 60.5 Å². The molecule has 1 N–H and O–H groups in total. The predicted octanol–water partition coefficient (Wildman–Crippen LogP) is 5.50. The molecular formula is C24H31NO3S2. The summed E-state index contributed by atoms with van der Waals surface area (Å²) in [6.07, 6.45) is 8.06. The van der Waals surface area contributed by atoms with Crippen LogP contribution >= 0.6 is 23.5 Å². The summed E-state index contributed by atoms with van der Waals surface area (Å²) in [6.45, 7) is 2.25. The summed E-state index contributed by atoms with van der Waals surface area (Å²) in [5, 5.41) is 10.5. The van der Waals surface area contributed by atoms with Gasteiger partial charge in [-0.05, 0) is 61.5 Å². The lowest BCUT2D eigenvalue weighted by molar-refractivity contribution is -0.157. The van der Waals surface area contributed by atoms with Gasteiger partial charge in [-0.15, -0.1) is 0 Å². The molecule has 2 heterocycles. The number of carboxylic acids is 1. The molecule has 0 radical (unpaired) electrons. The Morgan fingerprint density at radius 3 is 2.33 bits per heavy atom. The van der Waals surface area contributed by atoms with Gasteiger partial charge in [-0.3, -0.25) is 4.79 Å². The van der Waals surface area contributed by atoms with Crippen LogP contribution in [-0.4, -0.2) is 44.3 Å². The minimum absolute atomic E-state index is 0.0187. The van der Waals surface area contributed by atoms with E-state index in [1.807, 2.05) is 53.1 Å². The summed E-state index contributed by atoms with van der Waals surface area (Å²) in [4.78, 5) is 28.2. The van der Waals surface area contributed by atoms with Crippen molar-refractivity contribution in [1.29, 1.82) is 0 Å². The number of amides is 1. The van der Waals surface area contributed by atoms with Gasteiger partial charge < -0.3 is 10.0 Å². The molecule has 30 heavy (non-hydrogen) atoms. The van der Waals surface area contributed by atoms with E-state index in [-0.39, 0.29) is 17.9 Å². The van der Waals surface area contributed by atoms with Gasteiger partial charge in [-0.1, -0.05) is 55.1 Å². The predicted molar refractivity (Wildman–Crippen MR) is 125 cm³/mol. The highest BCUT2D eigenvalue weighted by Crippen LogP contribution is 2.51. The van der Waals surface area contributed by atoms with E-state index in [4.69, 9.17) is 0 Å². The molecule has 3 aliphatic rings. The van der Waals surface area contributed by atoms with Crippen LogP contribution in [0.3, 0.4) is 0 Å². The fraction of sp³-hybridized carbons (Fsp3) is 0.583. The lowest BCUT2D eigenvalue weighted by Crippen LogP contribution is -2.60. The van der Waals surface area contributed by atoms with Crippen LogP contribution in [0, 0.1) is 11.8 Å². The van der Waals surface area contributed by atoms with E-state index in [9.17, 15) is 14.7 Å². The van der Waals surface area contributed by atoms with Crippen LogP contribution in [0.4, 0.5) is 0 Å². The smallest absolute Gasteiger partial charge is 0.341 e. The second kappa shape index (κ2) is 9.39. The molecule has 6 heteroatoms. The first kappa shape index (κ1) is 21.8. The van der Waals surface area contributed by atoms with Crippen LogP contribution < -0.4 is 0 Å². The highest BCUT2D eigenvalue weighted by atomic mass is 32.2. The number of carbonyl (C=O) groups excluding carboxylic acids is 1. The highest BCUT2D eigenvalue weighted by molar-refractivity contribution is 8.10. The fourth-order valence-corrected chi connectivity index (χ4v) is 7.41. The van der Waals surface area contributed by atoms with Crippen molar-refractivity contribution in [3.8, 4) is 0 Å². The maximum Gasteiger partial charge on any atom is 0.341 e. The lowest BCUT2D eigenvalue weighted by Gasteiger charge is -2.46. The summed E-state index contributed by atoms with van der Waals surface area (Å²) in [5.74, 6) is 1.81. The molecular weight excluding hydrogens is 414 g/mol. The Kier molecular flexibility index (Phi) is 6.83. The molecule has 1 atom stereocenters. The molecule has 0 bridgehead atoms. The second-order valence-corrected chi connectivity index (χ2v) is 11.4. The van der Waals surface area contributed by atoms with E-state index >= 15 is 0 Å². The third kappa shape index (κ3) is 4.31. The molecule has 1 aliphatic carbocycles. The summed E-state index contributed by atoms with van der Waals surface area (Å²) in [6, 6.07) is 9.97. The number of hydrogen-bond donors (Lipinski definition) is 1. The molecule has 2 aliphatic heterocycles. The maximum absolute atomic E-state index is 13.9. The first-order valence-corrected chi connectivity index (χ1v) is 13.1. The number of carboxylic acid groups (broad SMARTS) is 1. The van der Waals surface area contributed by atoms with E-state index < -0.39 is 10.8 Å². The molecule has 1 amide bonds.